The Bertz CT molecular complexity index is 1190. The van der Waals surface area contributed by atoms with E-state index >= 15 is 0 Å². The number of aliphatic carboxylic acids is 1. The number of aliphatic hydroxyl groups excluding tert-OH is 1. The van der Waals surface area contributed by atoms with Crippen molar-refractivity contribution in [1.29, 1.82) is 0 Å². The number of rotatable bonds is 18. The number of phenols is 1. The second kappa shape index (κ2) is 18.5. The van der Waals surface area contributed by atoms with Gasteiger partial charge in [-0.3, -0.25) is 29.0 Å². The minimum Gasteiger partial charge on any atom is -0.508 e. The molecule has 0 saturated carbocycles. The summed E-state index contributed by atoms with van der Waals surface area (Å²) in [7, 11) is 0. The monoisotopic (exact) mass is 623 g/mol. The van der Waals surface area contributed by atoms with Gasteiger partial charge in [-0.15, -0.1) is 0 Å². The number of aliphatic imine (C=N–C) groups is 1. The van der Waals surface area contributed by atoms with E-state index in [0.717, 1.165) is 0 Å². The number of nitrogens with zero attached hydrogens (tertiary/aromatic N) is 1. The molecule has 0 heterocycles. The Labute approximate surface area is 253 Å². The van der Waals surface area contributed by atoms with Gasteiger partial charge < -0.3 is 59.1 Å². The molecule has 44 heavy (non-hydrogen) atoms. The minimum absolute atomic E-state index is 0.00957. The lowest BCUT2D eigenvalue weighted by molar-refractivity contribution is -0.142. The molecule has 18 nitrogen and oxygen atoms in total. The summed E-state index contributed by atoms with van der Waals surface area (Å²) in [5.74, 6) is -5.52. The summed E-state index contributed by atoms with van der Waals surface area (Å²) in [6.07, 6.45) is -1.16. The summed E-state index contributed by atoms with van der Waals surface area (Å²) in [5.41, 5.74) is 16.5. The molecule has 0 spiro atoms. The van der Waals surface area contributed by atoms with Crippen LogP contribution in [0.4, 0.5) is 0 Å². The number of carbonyl (C=O) groups is 6. The van der Waals surface area contributed by atoms with Crippen molar-refractivity contribution in [1.82, 2.24) is 26.6 Å². The summed E-state index contributed by atoms with van der Waals surface area (Å²) in [4.78, 5) is 77.5. The maximum absolute atomic E-state index is 13.1. The molecule has 18 heteroatoms. The Balaban J connectivity index is 2.82. The Morgan fingerprint density at radius 3 is 2.00 bits per heavy atom. The van der Waals surface area contributed by atoms with E-state index in [0.29, 0.717) is 5.56 Å². The van der Waals surface area contributed by atoms with Crippen LogP contribution in [-0.4, -0.2) is 107 Å². The molecule has 1 aromatic rings. The number of nitrogens with one attached hydrogen (secondary N) is 5. The van der Waals surface area contributed by atoms with Crippen molar-refractivity contribution in [2.75, 3.05) is 19.6 Å². The van der Waals surface area contributed by atoms with Crippen LogP contribution in [0.1, 0.15) is 32.3 Å². The summed E-state index contributed by atoms with van der Waals surface area (Å²) >= 11 is 0. The quantitative estimate of drug-likeness (QED) is 0.0419. The predicted molar refractivity (Wildman–Crippen MR) is 156 cm³/mol. The number of aliphatic hydroxyl groups is 1. The van der Waals surface area contributed by atoms with E-state index in [1.54, 1.807) is 0 Å². The second-order valence-electron chi connectivity index (χ2n) is 9.85. The number of carboxylic acids is 1. The summed E-state index contributed by atoms with van der Waals surface area (Å²) in [5, 5.41) is 40.4. The van der Waals surface area contributed by atoms with Gasteiger partial charge in [0.25, 0.3) is 0 Å². The maximum atomic E-state index is 13.1. The van der Waals surface area contributed by atoms with Crippen molar-refractivity contribution in [2.45, 2.75) is 63.4 Å². The highest BCUT2D eigenvalue weighted by atomic mass is 16.4. The van der Waals surface area contributed by atoms with Gasteiger partial charge >= 0.3 is 5.97 Å². The first kappa shape index (κ1) is 37.1. The van der Waals surface area contributed by atoms with E-state index in [4.69, 9.17) is 17.2 Å². The van der Waals surface area contributed by atoms with E-state index in [-0.39, 0.29) is 37.5 Å². The van der Waals surface area contributed by atoms with E-state index in [9.17, 15) is 44.1 Å². The van der Waals surface area contributed by atoms with Crippen molar-refractivity contribution in [2.24, 2.45) is 22.2 Å². The Kier molecular flexibility index (Phi) is 15.6. The first-order chi connectivity index (χ1) is 20.6. The lowest BCUT2D eigenvalue weighted by Gasteiger charge is -2.22. The molecule has 0 aliphatic carbocycles. The molecule has 244 valence electrons. The van der Waals surface area contributed by atoms with Crippen LogP contribution in [0.5, 0.6) is 5.75 Å². The van der Waals surface area contributed by atoms with Crippen LogP contribution < -0.4 is 43.8 Å². The zero-order valence-electron chi connectivity index (χ0n) is 24.4. The number of aromatic hydroxyl groups is 1. The standard InChI is InChI=1S/C26H41N9O9/c1-13(27)22(40)35-21(14(2)36)24(42)32-11-19(38)31-12-20(39)33-18(10-15-5-7-16(37)8-6-15)23(41)34-17(25(43)44)4-3-9-30-26(28)29/h5-8,13-14,17-18,21,36-37H,3-4,9-12,27H2,1-2H3,(H,31,38)(H,32,42)(H,33,39)(H,34,41)(H,35,40)(H,43,44)(H4,28,29,30). The lowest BCUT2D eigenvalue weighted by atomic mass is 10.0. The van der Waals surface area contributed by atoms with Crippen LogP contribution >= 0.6 is 0 Å². The van der Waals surface area contributed by atoms with Crippen LogP contribution in [0, 0.1) is 0 Å². The Morgan fingerprint density at radius 2 is 1.45 bits per heavy atom. The highest BCUT2D eigenvalue weighted by molar-refractivity contribution is 5.94. The molecule has 0 saturated heterocycles. The van der Waals surface area contributed by atoms with E-state index < -0.39 is 78.9 Å². The van der Waals surface area contributed by atoms with Crippen LogP contribution in [-0.2, 0) is 35.2 Å². The van der Waals surface area contributed by atoms with Crippen LogP contribution in [0.2, 0.25) is 0 Å². The number of nitrogens with two attached hydrogens (primary N) is 3. The fourth-order valence-electron chi connectivity index (χ4n) is 3.56. The largest absolute Gasteiger partial charge is 0.508 e. The lowest BCUT2D eigenvalue weighted by Crippen LogP contribution is -2.56. The third kappa shape index (κ3) is 14.3. The number of carboxylic acid groups (broad SMARTS) is 1. The molecule has 0 radical (unpaired) electrons. The number of hydrogen-bond acceptors (Lipinski definition) is 10. The third-order valence-electron chi connectivity index (χ3n) is 5.93. The Hall–Kier alpha value is -4.97. The van der Waals surface area contributed by atoms with Crippen molar-refractivity contribution < 1.29 is 44.1 Å². The van der Waals surface area contributed by atoms with Crippen molar-refractivity contribution >= 4 is 41.5 Å². The third-order valence-corrected chi connectivity index (χ3v) is 5.93. The van der Waals surface area contributed by atoms with Gasteiger partial charge in [0.2, 0.25) is 29.5 Å². The maximum Gasteiger partial charge on any atom is 0.326 e. The summed E-state index contributed by atoms with van der Waals surface area (Å²) in [6.45, 7) is 1.55. The summed E-state index contributed by atoms with van der Waals surface area (Å²) in [6, 6.07) is 0.830. The topological polar surface area (TPSA) is 314 Å². The molecule has 1 aromatic carbocycles. The van der Waals surface area contributed by atoms with Crippen molar-refractivity contribution in [3.05, 3.63) is 29.8 Å². The SMILES string of the molecule is CC(N)C(=O)NC(C(=O)NCC(=O)NCC(=O)NC(Cc1ccc(O)cc1)C(=O)NC(CCCN=C(N)N)C(=O)O)C(C)O. The molecule has 5 unspecified atom stereocenters. The fourth-order valence-corrected chi connectivity index (χ4v) is 3.56. The smallest absolute Gasteiger partial charge is 0.326 e. The van der Waals surface area contributed by atoms with Gasteiger partial charge in [-0.1, -0.05) is 12.1 Å². The molecular weight excluding hydrogens is 582 g/mol. The number of benzene rings is 1. The van der Waals surface area contributed by atoms with Gasteiger partial charge in [-0.05, 0) is 44.4 Å². The zero-order chi connectivity index (χ0) is 33.4. The van der Waals surface area contributed by atoms with Gasteiger partial charge in [-0.25, -0.2) is 4.79 Å². The zero-order valence-corrected chi connectivity index (χ0v) is 24.4. The number of hydrogen-bond donors (Lipinski definition) is 11. The minimum atomic E-state index is -1.38. The normalized spacial score (nSPS) is 14.0. The molecule has 14 N–H and O–H groups in total. The van der Waals surface area contributed by atoms with E-state index in [1.165, 1.54) is 38.1 Å². The molecule has 0 fully saturated rings. The summed E-state index contributed by atoms with van der Waals surface area (Å²) < 4.78 is 0. The molecule has 0 aliphatic rings. The van der Waals surface area contributed by atoms with Crippen LogP contribution in [0.15, 0.2) is 29.3 Å². The van der Waals surface area contributed by atoms with Crippen molar-refractivity contribution in [3.8, 4) is 5.75 Å². The highest BCUT2D eigenvalue weighted by Gasteiger charge is 2.28. The first-order valence-corrected chi connectivity index (χ1v) is 13.5. The molecule has 0 bridgehead atoms. The van der Waals surface area contributed by atoms with Crippen LogP contribution in [0.25, 0.3) is 0 Å². The van der Waals surface area contributed by atoms with E-state index in [2.05, 4.69) is 31.6 Å². The Morgan fingerprint density at radius 1 is 0.841 bits per heavy atom. The molecule has 5 amide bonds. The second-order valence-corrected chi connectivity index (χ2v) is 9.85. The predicted octanol–water partition coefficient (Wildman–Crippen LogP) is -4.51. The van der Waals surface area contributed by atoms with Gasteiger partial charge in [-0.2, -0.15) is 0 Å². The molecular formula is C26H41N9O9. The number of guanidine groups is 1. The molecule has 0 aliphatic heterocycles. The van der Waals surface area contributed by atoms with Gasteiger partial charge in [0, 0.05) is 13.0 Å². The van der Waals surface area contributed by atoms with Crippen molar-refractivity contribution in [3.63, 3.8) is 0 Å². The first-order valence-electron chi connectivity index (χ1n) is 13.5. The number of carbonyl (C=O) groups excluding carboxylic acids is 5. The molecule has 1 rings (SSSR count). The number of amides is 5. The van der Waals surface area contributed by atoms with Gasteiger partial charge in [0.05, 0.1) is 25.2 Å². The number of phenolic OH excluding ortho intramolecular Hbond substituents is 1. The van der Waals surface area contributed by atoms with Gasteiger partial charge in [0.1, 0.15) is 23.9 Å². The van der Waals surface area contributed by atoms with Gasteiger partial charge in [0.15, 0.2) is 5.96 Å². The molecule has 5 atom stereocenters. The average molecular weight is 624 g/mol. The van der Waals surface area contributed by atoms with E-state index in [1.807, 2.05) is 0 Å². The average Bonchev–Trinajstić information content (AvgIpc) is 2.94. The highest BCUT2D eigenvalue weighted by Crippen LogP contribution is 2.12. The fraction of sp³-hybridized carbons (Fsp3) is 0.500. The van der Waals surface area contributed by atoms with Crippen LogP contribution in [0.3, 0.4) is 0 Å². The molecule has 0 aromatic heterocycles.